The summed E-state index contributed by atoms with van der Waals surface area (Å²) in [6.07, 6.45) is 39.6. The van der Waals surface area contributed by atoms with Crippen LogP contribution in [0.1, 0.15) is 171 Å². The summed E-state index contributed by atoms with van der Waals surface area (Å²) in [5.41, 5.74) is 2.47. The summed E-state index contributed by atoms with van der Waals surface area (Å²) in [6.45, 7) is 6.70. The van der Waals surface area contributed by atoms with Gasteiger partial charge < -0.3 is 10.6 Å². The minimum atomic E-state index is 0.400. The SMILES string of the molecule is CCCCCCCNc1cc[n+](C(Br)CCCCCCCCCCCCCC(Br)[n+]2ccc(NCCCCCCC)cc2)cc1. The third kappa shape index (κ3) is 20.7. The van der Waals surface area contributed by atoms with Crippen LogP contribution in [0.15, 0.2) is 49.1 Å². The van der Waals surface area contributed by atoms with Crippen LogP contribution in [0.2, 0.25) is 0 Å². The van der Waals surface area contributed by atoms with Gasteiger partial charge in [-0.25, -0.2) is 0 Å². The Hall–Kier alpha value is -1.14. The molecule has 0 bridgehead atoms. The molecule has 0 radical (unpaired) electrons. The summed E-state index contributed by atoms with van der Waals surface area (Å²) >= 11 is 7.80. The average molecular weight is 753 g/mol. The second kappa shape index (κ2) is 27.9. The monoisotopic (exact) mass is 750 g/mol. The van der Waals surface area contributed by atoms with Gasteiger partial charge in [0.15, 0.2) is 24.8 Å². The molecule has 2 rings (SSSR count). The molecule has 0 amide bonds. The van der Waals surface area contributed by atoms with Crippen LogP contribution in [0.3, 0.4) is 0 Å². The largest absolute Gasteiger partial charge is 0.385 e. The van der Waals surface area contributed by atoms with Crippen molar-refractivity contribution in [3.05, 3.63) is 49.1 Å². The number of nitrogens with zero attached hydrogens (tertiary/aromatic N) is 2. The van der Waals surface area contributed by atoms with E-state index < -0.39 is 0 Å². The van der Waals surface area contributed by atoms with Crippen LogP contribution in [0.4, 0.5) is 11.4 Å². The Morgan fingerprint density at radius 2 is 0.733 bits per heavy atom. The zero-order valence-electron chi connectivity index (χ0n) is 29.1. The van der Waals surface area contributed by atoms with Crippen LogP contribution in [0, 0.1) is 0 Å². The number of alkyl halides is 2. The van der Waals surface area contributed by atoms with Gasteiger partial charge in [0, 0.05) is 61.6 Å². The highest BCUT2D eigenvalue weighted by Crippen LogP contribution is 2.20. The van der Waals surface area contributed by atoms with Gasteiger partial charge in [-0.3, -0.25) is 0 Å². The molecule has 2 aromatic rings. The van der Waals surface area contributed by atoms with Crippen molar-refractivity contribution in [2.24, 2.45) is 0 Å². The van der Waals surface area contributed by atoms with Crippen molar-refractivity contribution in [1.29, 1.82) is 0 Å². The fourth-order valence-corrected chi connectivity index (χ4v) is 7.12. The molecule has 2 heterocycles. The lowest BCUT2D eigenvalue weighted by Gasteiger charge is -2.08. The molecule has 45 heavy (non-hydrogen) atoms. The summed E-state index contributed by atoms with van der Waals surface area (Å²) < 4.78 is 4.60. The van der Waals surface area contributed by atoms with Crippen LogP contribution in [-0.4, -0.2) is 13.1 Å². The predicted octanol–water partition coefficient (Wildman–Crippen LogP) is 12.6. The van der Waals surface area contributed by atoms with Gasteiger partial charge in [-0.2, -0.15) is 9.13 Å². The number of hydrogen-bond acceptors (Lipinski definition) is 2. The first-order valence-corrected chi connectivity index (χ1v) is 20.7. The van der Waals surface area contributed by atoms with E-state index in [1.54, 1.807) is 0 Å². The van der Waals surface area contributed by atoms with E-state index in [1.165, 1.54) is 159 Å². The van der Waals surface area contributed by atoms with E-state index in [0.717, 1.165) is 13.1 Å². The van der Waals surface area contributed by atoms with Crippen molar-refractivity contribution < 1.29 is 9.13 Å². The number of unbranched alkanes of at least 4 members (excludes halogenated alkanes) is 18. The maximum absolute atomic E-state index is 3.90. The first-order chi connectivity index (χ1) is 22.1. The molecule has 2 N–H and O–H groups in total. The van der Waals surface area contributed by atoms with Crippen molar-refractivity contribution >= 4 is 43.2 Å². The van der Waals surface area contributed by atoms with E-state index in [9.17, 15) is 0 Å². The summed E-state index contributed by atoms with van der Waals surface area (Å²) in [7, 11) is 0. The Morgan fingerprint density at radius 1 is 0.444 bits per heavy atom. The molecule has 2 aromatic heterocycles. The Balaban J connectivity index is 1.38. The topological polar surface area (TPSA) is 31.8 Å². The molecule has 0 aliphatic heterocycles. The number of pyridine rings is 2. The number of nitrogens with one attached hydrogen (secondary N) is 2. The number of hydrogen-bond donors (Lipinski definition) is 2. The fraction of sp³-hybridized carbons (Fsp3) is 0.744. The highest BCUT2D eigenvalue weighted by molar-refractivity contribution is 9.09. The van der Waals surface area contributed by atoms with E-state index in [1.807, 2.05) is 0 Å². The molecule has 6 heteroatoms. The standard InChI is InChI=1S/C39H66Br2N4/c1-3-5-7-18-22-30-42-36-26-32-44(33-27-36)38(40)24-20-16-14-12-10-9-11-13-15-17-21-25-39(41)45-34-28-37(29-35-45)43-31-23-19-8-6-4-2/h26-29,32-35,38-39H,3-25,30-31H2,1-2H3/p+2. The highest BCUT2D eigenvalue weighted by Gasteiger charge is 2.14. The van der Waals surface area contributed by atoms with Gasteiger partial charge in [0.25, 0.3) is 0 Å². The van der Waals surface area contributed by atoms with Gasteiger partial charge in [0.2, 0.25) is 9.90 Å². The van der Waals surface area contributed by atoms with E-state index >= 15 is 0 Å². The lowest BCUT2D eigenvalue weighted by atomic mass is 10.0. The Morgan fingerprint density at radius 3 is 1.07 bits per heavy atom. The minimum absolute atomic E-state index is 0.400. The molecule has 4 nitrogen and oxygen atoms in total. The molecule has 0 aliphatic rings. The van der Waals surface area contributed by atoms with Crippen molar-refractivity contribution in [1.82, 2.24) is 0 Å². The van der Waals surface area contributed by atoms with E-state index in [-0.39, 0.29) is 0 Å². The van der Waals surface area contributed by atoms with Crippen molar-refractivity contribution in [3.63, 3.8) is 0 Å². The van der Waals surface area contributed by atoms with E-state index in [4.69, 9.17) is 0 Å². The van der Waals surface area contributed by atoms with Crippen molar-refractivity contribution in [2.45, 2.75) is 171 Å². The Kier molecular flexibility index (Phi) is 24.8. The zero-order valence-corrected chi connectivity index (χ0v) is 32.3. The van der Waals surface area contributed by atoms with Gasteiger partial charge in [-0.05, 0) is 57.5 Å². The van der Waals surface area contributed by atoms with Crippen molar-refractivity contribution in [2.75, 3.05) is 23.7 Å². The summed E-state index contributed by atoms with van der Waals surface area (Å²) in [5, 5.41) is 7.14. The lowest BCUT2D eigenvalue weighted by Crippen LogP contribution is -2.35. The van der Waals surface area contributed by atoms with Gasteiger partial charge in [0.1, 0.15) is 0 Å². The van der Waals surface area contributed by atoms with Crippen LogP contribution in [0.25, 0.3) is 0 Å². The third-order valence-corrected chi connectivity index (χ3v) is 10.8. The molecule has 2 atom stereocenters. The molecular formula is C39H68Br2N4+2. The van der Waals surface area contributed by atoms with Gasteiger partial charge in [-0.15, -0.1) is 0 Å². The summed E-state index contributed by atoms with van der Waals surface area (Å²) in [6, 6.07) is 8.86. The molecule has 0 aliphatic carbocycles. The smallest absolute Gasteiger partial charge is 0.211 e. The van der Waals surface area contributed by atoms with Crippen molar-refractivity contribution in [3.8, 4) is 0 Å². The Labute approximate surface area is 295 Å². The highest BCUT2D eigenvalue weighted by atomic mass is 79.9. The molecule has 0 fully saturated rings. The fourth-order valence-electron chi connectivity index (χ4n) is 5.92. The molecule has 0 saturated heterocycles. The van der Waals surface area contributed by atoms with Gasteiger partial charge >= 0.3 is 0 Å². The molecule has 256 valence electrons. The molecule has 2 unspecified atom stereocenters. The summed E-state index contributed by atoms with van der Waals surface area (Å²) in [4.78, 5) is 0.799. The van der Waals surface area contributed by atoms with Gasteiger partial charge in [0.05, 0.1) is 0 Å². The van der Waals surface area contributed by atoms with Crippen LogP contribution >= 0.6 is 31.9 Å². The normalized spacial score (nSPS) is 12.7. The first-order valence-electron chi connectivity index (χ1n) is 18.9. The maximum atomic E-state index is 3.90. The third-order valence-electron chi connectivity index (χ3n) is 8.96. The Bertz CT molecular complexity index is 846. The molecular weight excluding hydrogens is 684 g/mol. The quantitative estimate of drug-likeness (QED) is 0.0473. The number of rotatable bonds is 30. The molecule has 0 saturated carbocycles. The summed E-state index contributed by atoms with van der Waals surface area (Å²) in [5.74, 6) is 0. The minimum Gasteiger partial charge on any atom is -0.385 e. The van der Waals surface area contributed by atoms with E-state index in [2.05, 4.69) is 115 Å². The zero-order chi connectivity index (χ0) is 32.2. The van der Waals surface area contributed by atoms with Crippen LogP contribution < -0.4 is 19.8 Å². The maximum Gasteiger partial charge on any atom is 0.211 e. The average Bonchev–Trinajstić information content (AvgIpc) is 3.06. The van der Waals surface area contributed by atoms with E-state index in [0.29, 0.717) is 9.90 Å². The lowest BCUT2D eigenvalue weighted by molar-refractivity contribution is -0.698. The first kappa shape index (κ1) is 40.0. The number of anilines is 2. The number of aromatic nitrogens is 2. The second-order valence-electron chi connectivity index (χ2n) is 13.1. The molecule has 0 spiro atoms. The number of halogens is 2. The molecule has 0 aromatic carbocycles. The van der Waals surface area contributed by atoms with Gasteiger partial charge in [-0.1, -0.05) is 123 Å². The predicted molar refractivity (Wildman–Crippen MR) is 204 cm³/mol. The van der Waals surface area contributed by atoms with Crippen LogP contribution in [-0.2, 0) is 0 Å². The van der Waals surface area contributed by atoms with Crippen LogP contribution in [0.5, 0.6) is 0 Å². The second-order valence-corrected chi connectivity index (χ2v) is 15.2.